The lowest BCUT2D eigenvalue weighted by Crippen LogP contribution is -2.30. The van der Waals surface area contributed by atoms with Crippen molar-refractivity contribution in [2.24, 2.45) is 5.84 Å². The van der Waals surface area contributed by atoms with Crippen LogP contribution >= 0.6 is 34.2 Å². The summed E-state index contributed by atoms with van der Waals surface area (Å²) in [5.74, 6) is 5.71. The maximum absolute atomic E-state index is 6.29. The summed E-state index contributed by atoms with van der Waals surface area (Å²) in [4.78, 5) is 0. The van der Waals surface area contributed by atoms with Crippen LogP contribution in [-0.2, 0) is 6.42 Å². The van der Waals surface area contributed by atoms with Crippen molar-refractivity contribution in [2.75, 3.05) is 0 Å². The van der Waals surface area contributed by atoms with Crippen LogP contribution in [0, 0.1) is 10.5 Å². The van der Waals surface area contributed by atoms with E-state index in [1.54, 1.807) is 0 Å². The van der Waals surface area contributed by atoms with E-state index < -0.39 is 0 Å². The molecular weight excluding hydrogens is 371 g/mol. The highest BCUT2D eigenvalue weighted by atomic mass is 127. The highest BCUT2D eigenvalue weighted by molar-refractivity contribution is 14.1. The molecule has 0 heterocycles. The Labute approximate surface area is 132 Å². The Morgan fingerprint density at radius 1 is 1.26 bits per heavy atom. The molecule has 0 saturated heterocycles. The second-order valence-electron chi connectivity index (χ2n) is 4.54. The molecule has 0 bridgehead atoms. The molecule has 100 valence electrons. The van der Waals surface area contributed by atoms with E-state index in [4.69, 9.17) is 17.4 Å². The molecule has 0 aromatic heterocycles. The second-order valence-corrected chi connectivity index (χ2v) is 6.11. The van der Waals surface area contributed by atoms with Crippen LogP contribution < -0.4 is 11.3 Å². The zero-order valence-corrected chi connectivity index (χ0v) is 13.6. The van der Waals surface area contributed by atoms with Gasteiger partial charge in [0.15, 0.2) is 0 Å². The lowest BCUT2D eigenvalue weighted by molar-refractivity contribution is 0.550. The summed E-state index contributed by atoms with van der Waals surface area (Å²) in [7, 11) is 0. The molecule has 2 rings (SSSR count). The quantitative estimate of drug-likeness (QED) is 0.473. The third-order valence-electron chi connectivity index (χ3n) is 3.11. The predicted octanol–water partition coefficient (Wildman–Crippen LogP) is 4.00. The van der Waals surface area contributed by atoms with Gasteiger partial charge in [0.2, 0.25) is 0 Å². The van der Waals surface area contributed by atoms with E-state index in [2.05, 4.69) is 52.3 Å². The van der Waals surface area contributed by atoms with Gasteiger partial charge in [-0.3, -0.25) is 11.3 Å². The monoisotopic (exact) mass is 386 g/mol. The number of halogens is 2. The van der Waals surface area contributed by atoms with E-state index >= 15 is 0 Å². The molecule has 0 radical (unpaired) electrons. The summed E-state index contributed by atoms with van der Waals surface area (Å²) in [5.41, 5.74) is 6.36. The summed E-state index contributed by atoms with van der Waals surface area (Å²) in [6, 6.07) is 14.4. The molecule has 19 heavy (non-hydrogen) atoms. The number of hydrogen-bond donors (Lipinski definition) is 2. The normalized spacial score (nSPS) is 12.4. The lowest BCUT2D eigenvalue weighted by atomic mass is 9.99. The molecule has 2 nitrogen and oxygen atoms in total. The van der Waals surface area contributed by atoms with Crippen molar-refractivity contribution in [3.05, 3.63) is 67.7 Å². The first kappa shape index (κ1) is 14.8. The lowest BCUT2D eigenvalue weighted by Gasteiger charge is -2.18. The van der Waals surface area contributed by atoms with Crippen molar-refractivity contribution in [1.29, 1.82) is 0 Å². The van der Waals surface area contributed by atoms with Crippen LogP contribution in [0.5, 0.6) is 0 Å². The molecular formula is C15H16ClIN2. The van der Waals surface area contributed by atoms with Gasteiger partial charge in [-0.1, -0.05) is 41.9 Å². The zero-order chi connectivity index (χ0) is 13.8. The number of nitrogens with two attached hydrogens (primary N) is 1. The summed E-state index contributed by atoms with van der Waals surface area (Å²) < 4.78 is 1.20. The molecule has 4 heteroatoms. The molecule has 0 aliphatic carbocycles. The predicted molar refractivity (Wildman–Crippen MR) is 89.1 cm³/mol. The molecule has 0 amide bonds. The van der Waals surface area contributed by atoms with Gasteiger partial charge in [0.25, 0.3) is 0 Å². The summed E-state index contributed by atoms with van der Waals surface area (Å²) in [6.45, 7) is 2.04. The van der Waals surface area contributed by atoms with Crippen molar-refractivity contribution in [3.63, 3.8) is 0 Å². The van der Waals surface area contributed by atoms with Gasteiger partial charge in [0.1, 0.15) is 0 Å². The SMILES string of the molecule is Cc1ccc(CC(NN)c2ccccc2I)c(Cl)c1. The first-order valence-electron chi connectivity index (χ1n) is 6.07. The van der Waals surface area contributed by atoms with Gasteiger partial charge >= 0.3 is 0 Å². The van der Waals surface area contributed by atoms with Crippen LogP contribution in [-0.4, -0.2) is 0 Å². The van der Waals surface area contributed by atoms with E-state index in [1.165, 1.54) is 14.7 Å². The smallest absolute Gasteiger partial charge is 0.0511 e. The summed E-state index contributed by atoms with van der Waals surface area (Å²) >= 11 is 8.61. The topological polar surface area (TPSA) is 38.0 Å². The molecule has 2 aromatic carbocycles. The Morgan fingerprint density at radius 3 is 2.63 bits per heavy atom. The van der Waals surface area contributed by atoms with E-state index in [1.807, 2.05) is 25.1 Å². The van der Waals surface area contributed by atoms with Gasteiger partial charge in [-0.2, -0.15) is 0 Å². The Hall–Kier alpha value is -0.620. The van der Waals surface area contributed by atoms with Gasteiger partial charge < -0.3 is 0 Å². The van der Waals surface area contributed by atoms with Gasteiger partial charge in [0, 0.05) is 8.59 Å². The number of rotatable bonds is 4. The van der Waals surface area contributed by atoms with Crippen molar-refractivity contribution >= 4 is 34.2 Å². The van der Waals surface area contributed by atoms with Crippen molar-refractivity contribution in [3.8, 4) is 0 Å². The number of aryl methyl sites for hydroxylation is 1. The minimum absolute atomic E-state index is 0.0632. The van der Waals surface area contributed by atoms with Crippen LogP contribution in [0.1, 0.15) is 22.7 Å². The van der Waals surface area contributed by atoms with Gasteiger partial charge in [-0.25, -0.2) is 0 Å². The minimum Gasteiger partial charge on any atom is -0.271 e. The van der Waals surface area contributed by atoms with Crippen LogP contribution in [0.3, 0.4) is 0 Å². The van der Waals surface area contributed by atoms with Crippen LogP contribution in [0.4, 0.5) is 0 Å². The van der Waals surface area contributed by atoms with Gasteiger partial charge in [0.05, 0.1) is 6.04 Å². The fourth-order valence-electron chi connectivity index (χ4n) is 2.05. The van der Waals surface area contributed by atoms with Crippen molar-refractivity contribution < 1.29 is 0 Å². The molecule has 0 fully saturated rings. The Balaban J connectivity index is 2.27. The van der Waals surface area contributed by atoms with E-state index in [0.717, 1.165) is 17.0 Å². The molecule has 1 unspecified atom stereocenters. The van der Waals surface area contributed by atoms with Gasteiger partial charge in [-0.05, 0) is 64.8 Å². The third kappa shape index (κ3) is 3.69. The fourth-order valence-corrected chi connectivity index (χ4v) is 3.13. The molecule has 0 aliphatic heterocycles. The first-order chi connectivity index (χ1) is 9.11. The number of nitrogens with one attached hydrogen (secondary N) is 1. The highest BCUT2D eigenvalue weighted by Crippen LogP contribution is 2.26. The molecule has 0 aliphatic rings. The van der Waals surface area contributed by atoms with E-state index in [-0.39, 0.29) is 6.04 Å². The van der Waals surface area contributed by atoms with Crippen molar-refractivity contribution in [2.45, 2.75) is 19.4 Å². The first-order valence-corrected chi connectivity index (χ1v) is 7.53. The molecule has 0 saturated carbocycles. The van der Waals surface area contributed by atoms with Crippen LogP contribution in [0.25, 0.3) is 0 Å². The van der Waals surface area contributed by atoms with Crippen molar-refractivity contribution in [1.82, 2.24) is 5.43 Å². The zero-order valence-electron chi connectivity index (χ0n) is 10.7. The van der Waals surface area contributed by atoms with E-state index in [0.29, 0.717) is 0 Å². The average Bonchev–Trinajstić information content (AvgIpc) is 2.39. The Kier molecular flexibility index (Phi) is 5.21. The molecule has 3 N–H and O–H groups in total. The highest BCUT2D eigenvalue weighted by Gasteiger charge is 2.14. The summed E-state index contributed by atoms with van der Waals surface area (Å²) in [6.07, 6.45) is 0.773. The number of hydrogen-bond acceptors (Lipinski definition) is 2. The Bertz CT molecular complexity index is 572. The second kappa shape index (κ2) is 6.70. The standard InChI is InChI=1S/C15H16ClIN2/c1-10-6-7-11(13(16)8-10)9-15(19-18)12-4-2-3-5-14(12)17/h2-8,15,19H,9,18H2,1H3. The molecule has 1 atom stereocenters. The Morgan fingerprint density at radius 2 is 2.00 bits per heavy atom. The fraction of sp³-hybridized carbons (Fsp3) is 0.200. The molecule has 2 aromatic rings. The van der Waals surface area contributed by atoms with Gasteiger partial charge in [-0.15, -0.1) is 0 Å². The van der Waals surface area contributed by atoms with Crippen LogP contribution in [0.15, 0.2) is 42.5 Å². The third-order valence-corrected chi connectivity index (χ3v) is 4.45. The maximum atomic E-state index is 6.29. The largest absolute Gasteiger partial charge is 0.271 e. The molecule has 0 spiro atoms. The maximum Gasteiger partial charge on any atom is 0.0511 e. The average molecular weight is 387 g/mol. The number of benzene rings is 2. The number of hydrazine groups is 1. The van der Waals surface area contributed by atoms with Crippen LogP contribution in [0.2, 0.25) is 5.02 Å². The summed E-state index contributed by atoms with van der Waals surface area (Å²) in [5, 5.41) is 0.797. The van der Waals surface area contributed by atoms with E-state index in [9.17, 15) is 0 Å². The minimum atomic E-state index is 0.0632.